The molecule has 14 heteroatoms. The fraction of sp³-hybridized carbons (Fsp3) is 0.375. The van der Waals surface area contributed by atoms with E-state index in [1.165, 1.54) is 31.3 Å². The van der Waals surface area contributed by atoms with E-state index >= 15 is 0 Å². The van der Waals surface area contributed by atoms with Crippen LogP contribution in [-0.4, -0.2) is 80.4 Å². The van der Waals surface area contributed by atoms with Gasteiger partial charge in [0.05, 0.1) is 19.4 Å². The molecule has 0 aliphatic carbocycles. The summed E-state index contributed by atoms with van der Waals surface area (Å²) in [5.74, 6) is -5.73. The molecule has 38 heavy (non-hydrogen) atoms. The fourth-order valence-electron chi connectivity index (χ4n) is 4.18. The number of carbonyl (C=O) groups is 1. The largest absolute Gasteiger partial charge is 0.394 e. The Morgan fingerprint density at radius 1 is 1.13 bits per heavy atom. The second-order valence-corrected chi connectivity index (χ2v) is 8.60. The smallest absolute Gasteiger partial charge is 0.251 e. The molecular formula is C24H24F4N4O6. The molecule has 0 spiro atoms. The Balaban J connectivity index is 1.63. The number of likely N-dealkylation sites (N-methyl/N-ethyl adjacent to an activating group) is 1. The predicted octanol–water partition coefficient (Wildman–Crippen LogP) is 0.855. The van der Waals surface area contributed by atoms with Crippen LogP contribution in [0, 0.1) is 23.3 Å². The molecule has 3 unspecified atom stereocenters. The van der Waals surface area contributed by atoms with Crippen LogP contribution in [0.4, 0.5) is 17.6 Å². The highest BCUT2D eigenvalue weighted by Crippen LogP contribution is 2.33. The number of ether oxygens (including phenoxy) is 2. The van der Waals surface area contributed by atoms with Crippen LogP contribution in [0.25, 0.3) is 11.3 Å². The molecule has 1 aromatic heterocycles. The van der Waals surface area contributed by atoms with E-state index in [-0.39, 0.29) is 17.9 Å². The number of aliphatic hydroxyl groups is 3. The Labute approximate surface area is 213 Å². The maximum atomic E-state index is 13.7. The first-order valence-corrected chi connectivity index (χ1v) is 11.4. The minimum Gasteiger partial charge on any atom is -0.394 e. The van der Waals surface area contributed by atoms with Crippen molar-refractivity contribution in [3.05, 3.63) is 71.4 Å². The van der Waals surface area contributed by atoms with Crippen molar-refractivity contribution >= 4 is 5.91 Å². The van der Waals surface area contributed by atoms with Crippen molar-refractivity contribution in [2.75, 3.05) is 13.7 Å². The van der Waals surface area contributed by atoms with Gasteiger partial charge in [0.15, 0.2) is 23.6 Å². The zero-order chi connectivity index (χ0) is 27.6. The lowest BCUT2D eigenvalue weighted by atomic mass is 9.89. The van der Waals surface area contributed by atoms with Gasteiger partial charge >= 0.3 is 0 Å². The average Bonchev–Trinajstić information content (AvgIpc) is 3.38. The van der Waals surface area contributed by atoms with Gasteiger partial charge in [-0.05, 0) is 29.8 Å². The topological polar surface area (TPSA) is 139 Å². The number of amides is 1. The molecule has 1 fully saturated rings. The van der Waals surface area contributed by atoms with Crippen LogP contribution in [-0.2, 0) is 20.9 Å². The van der Waals surface area contributed by atoms with Crippen molar-refractivity contribution in [1.82, 2.24) is 20.3 Å². The summed E-state index contributed by atoms with van der Waals surface area (Å²) in [4.78, 5) is 12.7. The van der Waals surface area contributed by atoms with Gasteiger partial charge in [-0.1, -0.05) is 17.3 Å². The normalized spacial score (nSPS) is 24.3. The molecule has 204 valence electrons. The van der Waals surface area contributed by atoms with Crippen molar-refractivity contribution in [2.45, 2.75) is 43.2 Å². The number of aromatic nitrogens is 3. The van der Waals surface area contributed by atoms with Crippen molar-refractivity contribution in [3.8, 4) is 11.3 Å². The van der Waals surface area contributed by atoms with Crippen LogP contribution in [0.15, 0.2) is 42.6 Å². The van der Waals surface area contributed by atoms with E-state index in [1.54, 1.807) is 0 Å². The van der Waals surface area contributed by atoms with Crippen LogP contribution in [0.3, 0.4) is 0 Å². The summed E-state index contributed by atoms with van der Waals surface area (Å²) < 4.78 is 66.3. The highest BCUT2D eigenvalue weighted by Gasteiger charge is 2.50. The quantitative estimate of drug-likeness (QED) is 0.244. The van der Waals surface area contributed by atoms with Crippen molar-refractivity contribution in [3.63, 3.8) is 0 Å². The van der Waals surface area contributed by atoms with E-state index in [4.69, 9.17) is 9.47 Å². The third kappa shape index (κ3) is 5.54. The Kier molecular flexibility index (Phi) is 8.38. The zero-order valence-corrected chi connectivity index (χ0v) is 19.8. The van der Waals surface area contributed by atoms with Gasteiger partial charge < -0.3 is 30.1 Å². The molecule has 2 aromatic carbocycles. The highest BCUT2D eigenvalue weighted by molar-refractivity contribution is 5.81. The Bertz CT molecular complexity index is 1250. The lowest BCUT2D eigenvalue weighted by Crippen LogP contribution is -2.61. The number of hydrogen-bond acceptors (Lipinski definition) is 8. The first-order valence-electron chi connectivity index (χ1n) is 11.4. The molecule has 4 rings (SSSR count). The summed E-state index contributed by atoms with van der Waals surface area (Å²) in [7, 11) is 1.33. The second-order valence-electron chi connectivity index (χ2n) is 8.60. The Morgan fingerprint density at radius 3 is 2.39 bits per heavy atom. The van der Waals surface area contributed by atoms with Gasteiger partial charge in [0, 0.05) is 12.6 Å². The summed E-state index contributed by atoms with van der Waals surface area (Å²) in [6.45, 7) is -0.883. The monoisotopic (exact) mass is 540 g/mol. The molecule has 0 saturated carbocycles. The van der Waals surface area contributed by atoms with Gasteiger partial charge in [0.25, 0.3) is 5.91 Å². The van der Waals surface area contributed by atoms with Crippen molar-refractivity contribution < 1.29 is 47.1 Å². The minimum atomic E-state index is -1.67. The van der Waals surface area contributed by atoms with Gasteiger partial charge in [-0.25, -0.2) is 22.2 Å². The molecule has 1 aliphatic heterocycles. The lowest BCUT2D eigenvalue weighted by Gasteiger charge is -2.44. The summed E-state index contributed by atoms with van der Waals surface area (Å²) in [6, 6.07) is 5.33. The zero-order valence-electron chi connectivity index (χ0n) is 19.8. The summed E-state index contributed by atoms with van der Waals surface area (Å²) in [6.07, 6.45) is -6.27. The van der Waals surface area contributed by atoms with E-state index in [2.05, 4.69) is 15.6 Å². The van der Waals surface area contributed by atoms with Gasteiger partial charge in [0.1, 0.15) is 42.0 Å². The third-order valence-corrected chi connectivity index (χ3v) is 6.17. The van der Waals surface area contributed by atoms with E-state index < -0.39 is 72.3 Å². The third-order valence-electron chi connectivity index (χ3n) is 6.17. The van der Waals surface area contributed by atoms with Gasteiger partial charge in [-0.15, -0.1) is 5.10 Å². The number of nitrogens with zero attached hydrogens (tertiary/aromatic N) is 3. The summed E-state index contributed by atoms with van der Waals surface area (Å²) in [5, 5.41) is 41.8. The van der Waals surface area contributed by atoms with Crippen LogP contribution in [0.1, 0.15) is 11.6 Å². The van der Waals surface area contributed by atoms with Gasteiger partial charge in [-0.2, -0.15) is 0 Å². The molecule has 0 bridgehead atoms. The maximum Gasteiger partial charge on any atom is 0.251 e. The molecule has 6 atom stereocenters. The van der Waals surface area contributed by atoms with Crippen molar-refractivity contribution in [2.24, 2.45) is 0 Å². The number of aliphatic hydroxyl groups excluding tert-OH is 3. The molecule has 10 nitrogen and oxygen atoms in total. The summed E-state index contributed by atoms with van der Waals surface area (Å²) in [5.41, 5.74) is 0.242. The molecule has 3 aromatic rings. The van der Waals surface area contributed by atoms with Gasteiger partial charge in [-0.3, -0.25) is 4.79 Å². The van der Waals surface area contributed by atoms with Crippen LogP contribution >= 0.6 is 0 Å². The first kappa shape index (κ1) is 27.6. The minimum absolute atomic E-state index is 0.110. The molecule has 1 saturated heterocycles. The lowest BCUT2D eigenvalue weighted by molar-refractivity contribution is -0.234. The maximum absolute atomic E-state index is 13.7. The standard InChI is InChI=1S/C24H24F4N4O6/c1-29-24(36)23(37-10-11-2-4-13(25)5-3-11)22-21(35)19(20(34)17(9-33)38-22)32-8-16(30-31-32)12-6-14(26)18(28)15(27)7-12/h2-8,17,19-23,33-35H,9-10H2,1H3,(H,29,36)/t17?,19?,20-,21?,22+,23-/m0/s1. The number of carbonyl (C=O) groups excluding carboxylic acids is 1. The number of halogens is 4. The number of nitrogens with one attached hydrogen (secondary N) is 1. The molecule has 1 aliphatic rings. The van der Waals surface area contributed by atoms with E-state index in [0.29, 0.717) is 17.7 Å². The molecule has 4 N–H and O–H groups in total. The van der Waals surface area contributed by atoms with E-state index in [1.807, 2.05) is 0 Å². The SMILES string of the molecule is CNC(=O)[C@@H](OCc1ccc(F)cc1)[C@@H]1OC(CO)[C@H](O)C(n2cc(-c3cc(F)c(F)c(F)c3)nn2)C1O. The molecule has 2 heterocycles. The highest BCUT2D eigenvalue weighted by atomic mass is 19.2. The molecular weight excluding hydrogens is 516 g/mol. The van der Waals surface area contributed by atoms with Crippen molar-refractivity contribution in [1.29, 1.82) is 0 Å². The van der Waals surface area contributed by atoms with E-state index in [0.717, 1.165) is 10.9 Å². The van der Waals surface area contributed by atoms with Gasteiger partial charge in [0.2, 0.25) is 0 Å². The Morgan fingerprint density at radius 2 is 1.79 bits per heavy atom. The predicted molar refractivity (Wildman–Crippen MR) is 121 cm³/mol. The van der Waals surface area contributed by atoms with Crippen LogP contribution in [0.5, 0.6) is 0 Å². The Hall–Kier alpha value is -3.43. The average molecular weight is 540 g/mol. The summed E-state index contributed by atoms with van der Waals surface area (Å²) >= 11 is 0. The first-order chi connectivity index (χ1) is 18.1. The van der Waals surface area contributed by atoms with E-state index in [9.17, 15) is 37.7 Å². The number of rotatable bonds is 8. The molecule has 1 amide bonds. The number of hydrogen-bond donors (Lipinski definition) is 4. The second kappa shape index (κ2) is 11.5. The molecule has 0 radical (unpaired) electrons. The van der Waals surface area contributed by atoms with Crippen LogP contribution in [0.2, 0.25) is 0 Å². The number of benzene rings is 2. The fourth-order valence-corrected chi connectivity index (χ4v) is 4.18. The van der Waals surface area contributed by atoms with Crippen LogP contribution < -0.4 is 5.32 Å².